The van der Waals surface area contributed by atoms with Crippen LogP contribution in [0.15, 0.2) is 24.5 Å². The lowest BCUT2D eigenvalue weighted by Crippen LogP contribution is -2.48. The molecule has 3 aliphatic rings. The highest BCUT2D eigenvalue weighted by Crippen LogP contribution is 2.35. The average Bonchev–Trinajstić information content (AvgIpc) is 3.22. The Morgan fingerprint density at radius 2 is 2.00 bits per heavy atom. The SMILES string of the molecule is O=C(C1CCCC1)N1CCO[C@H]2CC[C@H]1[C@@H]2OCc1ccncc1. The van der Waals surface area contributed by atoms with Crippen LogP contribution in [0.25, 0.3) is 0 Å². The molecule has 1 saturated heterocycles. The molecule has 130 valence electrons. The van der Waals surface area contributed by atoms with Crippen molar-refractivity contribution in [2.45, 2.75) is 63.4 Å². The number of amides is 1. The van der Waals surface area contributed by atoms with Gasteiger partial charge in [-0.15, -0.1) is 0 Å². The lowest BCUT2D eigenvalue weighted by molar-refractivity contribution is -0.140. The van der Waals surface area contributed by atoms with E-state index in [4.69, 9.17) is 9.47 Å². The summed E-state index contributed by atoms with van der Waals surface area (Å²) in [5.74, 6) is 0.559. The predicted octanol–water partition coefficient (Wildman–Crippen LogP) is 2.55. The van der Waals surface area contributed by atoms with Crippen molar-refractivity contribution in [1.82, 2.24) is 9.88 Å². The number of aromatic nitrogens is 1. The molecule has 1 amide bonds. The van der Waals surface area contributed by atoms with E-state index in [2.05, 4.69) is 9.88 Å². The van der Waals surface area contributed by atoms with Crippen molar-refractivity contribution in [3.8, 4) is 0 Å². The zero-order chi connectivity index (χ0) is 16.4. The van der Waals surface area contributed by atoms with Crippen molar-refractivity contribution in [2.24, 2.45) is 5.92 Å². The van der Waals surface area contributed by atoms with Crippen molar-refractivity contribution in [3.05, 3.63) is 30.1 Å². The topological polar surface area (TPSA) is 51.7 Å². The van der Waals surface area contributed by atoms with E-state index in [1.807, 2.05) is 12.1 Å². The second-order valence-electron chi connectivity index (χ2n) is 7.20. The predicted molar refractivity (Wildman–Crippen MR) is 89.2 cm³/mol. The highest BCUT2D eigenvalue weighted by Gasteiger charge is 2.45. The Morgan fingerprint density at radius 1 is 1.21 bits per heavy atom. The third-order valence-corrected chi connectivity index (χ3v) is 5.74. The third-order valence-electron chi connectivity index (χ3n) is 5.74. The van der Waals surface area contributed by atoms with Gasteiger partial charge in [0, 0.05) is 24.9 Å². The van der Waals surface area contributed by atoms with Gasteiger partial charge >= 0.3 is 0 Å². The lowest BCUT2D eigenvalue weighted by Gasteiger charge is -2.33. The molecular formula is C19H26N2O3. The van der Waals surface area contributed by atoms with Crippen LogP contribution in [0.3, 0.4) is 0 Å². The van der Waals surface area contributed by atoms with Gasteiger partial charge in [-0.3, -0.25) is 9.78 Å². The average molecular weight is 330 g/mol. The second kappa shape index (κ2) is 7.19. The summed E-state index contributed by atoms with van der Waals surface area (Å²) in [5.41, 5.74) is 1.11. The fraction of sp³-hybridized carbons (Fsp3) is 0.684. The van der Waals surface area contributed by atoms with Gasteiger partial charge in [-0.2, -0.15) is 0 Å². The van der Waals surface area contributed by atoms with Crippen LogP contribution >= 0.6 is 0 Å². The molecule has 4 rings (SSSR count). The van der Waals surface area contributed by atoms with Gasteiger partial charge in [0.25, 0.3) is 0 Å². The van der Waals surface area contributed by atoms with Crippen LogP contribution in [0, 0.1) is 5.92 Å². The van der Waals surface area contributed by atoms with E-state index in [9.17, 15) is 4.79 Å². The maximum Gasteiger partial charge on any atom is 0.226 e. The van der Waals surface area contributed by atoms with Crippen LogP contribution in [0.1, 0.15) is 44.1 Å². The summed E-state index contributed by atoms with van der Waals surface area (Å²) >= 11 is 0. The van der Waals surface area contributed by atoms with Crippen LogP contribution in [0.5, 0.6) is 0 Å². The molecule has 5 nitrogen and oxygen atoms in total. The number of rotatable bonds is 4. The first-order valence-corrected chi connectivity index (χ1v) is 9.25. The van der Waals surface area contributed by atoms with Crippen LogP contribution in [0.4, 0.5) is 0 Å². The molecule has 0 N–H and O–H groups in total. The first-order chi connectivity index (χ1) is 11.8. The van der Waals surface area contributed by atoms with Crippen LogP contribution < -0.4 is 0 Å². The molecule has 3 atom stereocenters. The number of ether oxygens (including phenoxy) is 2. The van der Waals surface area contributed by atoms with E-state index in [1.54, 1.807) is 12.4 Å². The zero-order valence-corrected chi connectivity index (χ0v) is 14.1. The minimum Gasteiger partial charge on any atom is -0.374 e. The van der Waals surface area contributed by atoms with Gasteiger partial charge in [-0.25, -0.2) is 0 Å². The first-order valence-electron chi connectivity index (χ1n) is 9.25. The quantitative estimate of drug-likeness (QED) is 0.851. The highest BCUT2D eigenvalue weighted by molar-refractivity contribution is 5.79. The summed E-state index contributed by atoms with van der Waals surface area (Å²) in [6.45, 7) is 1.90. The van der Waals surface area contributed by atoms with E-state index < -0.39 is 0 Å². The number of nitrogens with zero attached hydrogens (tertiary/aromatic N) is 2. The largest absolute Gasteiger partial charge is 0.374 e. The number of pyridine rings is 1. The lowest BCUT2D eigenvalue weighted by atomic mass is 10.0. The molecule has 2 bridgehead atoms. The van der Waals surface area contributed by atoms with E-state index in [-0.39, 0.29) is 24.2 Å². The maximum atomic E-state index is 13.0. The number of carbonyl (C=O) groups excluding carboxylic acids is 1. The minimum atomic E-state index is -0.00832. The Labute approximate surface area is 143 Å². The summed E-state index contributed by atoms with van der Waals surface area (Å²) in [6.07, 6.45) is 10.1. The van der Waals surface area contributed by atoms with Crippen LogP contribution in [0.2, 0.25) is 0 Å². The number of hydrogen-bond donors (Lipinski definition) is 0. The minimum absolute atomic E-state index is 0.00832. The van der Waals surface area contributed by atoms with Gasteiger partial charge < -0.3 is 14.4 Å². The molecule has 2 heterocycles. The Kier molecular flexibility index (Phi) is 4.81. The van der Waals surface area contributed by atoms with Gasteiger partial charge in [0.05, 0.1) is 25.4 Å². The van der Waals surface area contributed by atoms with Crippen molar-refractivity contribution < 1.29 is 14.3 Å². The summed E-state index contributed by atoms with van der Waals surface area (Å²) in [5, 5.41) is 0. The molecule has 0 aromatic carbocycles. The monoisotopic (exact) mass is 330 g/mol. The normalized spacial score (nSPS) is 30.5. The number of fused-ring (bicyclic) bond motifs is 2. The molecule has 0 radical (unpaired) electrons. The molecule has 0 spiro atoms. The molecule has 1 aromatic heterocycles. The van der Waals surface area contributed by atoms with Crippen LogP contribution in [-0.4, -0.2) is 47.2 Å². The Morgan fingerprint density at radius 3 is 2.79 bits per heavy atom. The van der Waals surface area contributed by atoms with Crippen molar-refractivity contribution in [3.63, 3.8) is 0 Å². The molecule has 1 aliphatic heterocycles. The fourth-order valence-corrected chi connectivity index (χ4v) is 4.46. The van der Waals surface area contributed by atoms with Gasteiger partial charge in [-0.05, 0) is 43.4 Å². The fourth-order valence-electron chi connectivity index (χ4n) is 4.46. The van der Waals surface area contributed by atoms with E-state index in [0.717, 1.165) is 31.2 Å². The molecular weight excluding hydrogens is 304 g/mol. The zero-order valence-electron chi connectivity index (χ0n) is 14.1. The maximum absolute atomic E-state index is 13.0. The Bertz CT molecular complexity index is 559. The number of hydrogen-bond acceptors (Lipinski definition) is 4. The van der Waals surface area contributed by atoms with Crippen LogP contribution in [-0.2, 0) is 20.9 Å². The molecule has 1 aromatic rings. The number of carbonyl (C=O) groups is 1. The van der Waals surface area contributed by atoms with E-state index in [1.165, 1.54) is 12.8 Å². The first kappa shape index (κ1) is 16.0. The Balaban J connectivity index is 1.46. The third kappa shape index (κ3) is 3.20. The van der Waals surface area contributed by atoms with Gasteiger partial charge in [0.1, 0.15) is 6.10 Å². The molecule has 0 unspecified atom stereocenters. The summed E-state index contributed by atoms with van der Waals surface area (Å²) in [4.78, 5) is 19.1. The Hall–Kier alpha value is -1.46. The van der Waals surface area contributed by atoms with E-state index >= 15 is 0 Å². The summed E-state index contributed by atoms with van der Waals surface area (Å²) in [7, 11) is 0. The van der Waals surface area contributed by atoms with Crippen molar-refractivity contribution >= 4 is 5.91 Å². The molecule has 24 heavy (non-hydrogen) atoms. The highest BCUT2D eigenvalue weighted by atomic mass is 16.5. The molecule has 2 saturated carbocycles. The standard InChI is InChI=1S/C19H26N2O3/c22-19(15-3-1-2-4-15)21-11-12-23-17-6-5-16(21)18(17)24-13-14-7-9-20-10-8-14/h7-10,15-18H,1-6,11-13H2/t16-,17-,18-/m0/s1. The smallest absolute Gasteiger partial charge is 0.226 e. The van der Waals surface area contributed by atoms with Crippen molar-refractivity contribution in [1.29, 1.82) is 0 Å². The molecule has 2 aliphatic carbocycles. The summed E-state index contributed by atoms with van der Waals surface area (Å²) in [6, 6.07) is 4.12. The van der Waals surface area contributed by atoms with E-state index in [0.29, 0.717) is 25.7 Å². The van der Waals surface area contributed by atoms with Gasteiger partial charge in [0.15, 0.2) is 0 Å². The van der Waals surface area contributed by atoms with Gasteiger partial charge in [-0.1, -0.05) is 12.8 Å². The molecule has 3 fully saturated rings. The second-order valence-corrected chi connectivity index (χ2v) is 7.20. The summed E-state index contributed by atoms with van der Waals surface area (Å²) < 4.78 is 12.2. The molecule has 5 heteroatoms. The van der Waals surface area contributed by atoms with Crippen molar-refractivity contribution in [2.75, 3.05) is 13.2 Å². The van der Waals surface area contributed by atoms with Gasteiger partial charge in [0.2, 0.25) is 5.91 Å².